The second-order valence-corrected chi connectivity index (χ2v) is 7.53. The molecule has 0 spiro atoms. The van der Waals surface area contributed by atoms with Crippen LogP contribution in [0.25, 0.3) is 0 Å². The van der Waals surface area contributed by atoms with E-state index in [0.29, 0.717) is 31.1 Å². The number of nitrogens with one attached hydrogen (secondary N) is 1. The van der Waals surface area contributed by atoms with E-state index < -0.39 is 0 Å². The van der Waals surface area contributed by atoms with Gasteiger partial charge in [-0.05, 0) is 37.8 Å². The highest BCUT2D eigenvalue weighted by atomic mass is 16.5. The lowest BCUT2D eigenvalue weighted by molar-refractivity contribution is 0.121. The molecule has 0 amide bonds. The third-order valence-corrected chi connectivity index (χ3v) is 5.50. The molecule has 3 heterocycles. The molecule has 0 unspecified atom stereocenters. The minimum atomic E-state index is 0. The number of nitrogens with zero attached hydrogens (tertiary/aromatic N) is 5. The van der Waals surface area contributed by atoms with Crippen LogP contribution in [-0.2, 0) is 4.74 Å². The molecule has 1 aliphatic heterocycles. The molecular weight excluding hydrogens is 398 g/mol. The van der Waals surface area contributed by atoms with Crippen LogP contribution in [0, 0.1) is 0 Å². The maximum absolute atomic E-state index is 6.15. The number of nitrogens with two attached hydrogens (primary N) is 1. The molecule has 0 aromatic carbocycles. The van der Waals surface area contributed by atoms with Crippen LogP contribution < -0.4 is 25.4 Å². The van der Waals surface area contributed by atoms with Gasteiger partial charge >= 0.3 is 6.01 Å². The van der Waals surface area contributed by atoms with Gasteiger partial charge in [-0.2, -0.15) is 9.97 Å². The highest BCUT2D eigenvalue weighted by Crippen LogP contribution is 2.29. The fraction of sp³-hybridized carbons (Fsp3) is 0.524. The molecule has 1 saturated carbocycles. The molecule has 2 aromatic heterocycles. The first-order chi connectivity index (χ1) is 15.2. The molecule has 4 rings (SSSR count). The lowest BCUT2D eigenvalue weighted by Crippen LogP contribution is -2.37. The highest BCUT2D eigenvalue weighted by molar-refractivity contribution is 5.59. The number of hydrogen-bond donors (Lipinski definition) is 2. The summed E-state index contributed by atoms with van der Waals surface area (Å²) in [5.74, 6) is 2.81. The molecule has 31 heavy (non-hydrogen) atoms. The van der Waals surface area contributed by atoms with Crippen LogP contribution in [0.2, 0.25) is 0 Å². The van der Waals surface area contributed by atoms with Crippen molar-refractivity contribution in [3.05, 3.63) is 24.4 Å². The maximum Gasteiger partial charge on any atom is 0.320 e. The van der Waals surface area contributed by atoms with Crippen molar-refractivity contribution in [3.63, 3.8) is 0 Å². The monoisotopic (exact) mass is 429 g/mol. The molecule has 2 aliphatic rings. The summed E-state index contributed by atoms with van der Waals surface area (Å²) in [5.41, 5.74) is 5.48. The van der Waals surface area contributed by atoms with Gasteiger partial charge in [0, 0.05) is 32.8 Å². The number of aliphatic imine (C=N–C) groups is 1. The minimum absolute atomic E-state index is 0. The summed E-state index contributed by atoms with van der Waals surface area (Å²) < 4.78 is 17.0. The Morgan fingerprint density at radius 2 is 2.06 bits per heavy atom. The number of aromatic nitrogens is 3. The molecule has 0 atom stereocenters. The van der Waals surface area contributed by atoms with Gasteiger partial charge in [-0.1, -0.05) is 0 Å². The van der Waals surface area contributed by atoms with E-state index in [-0.39, 0.29) is 7.53 Å². The van der Waals surface area contributed by atoms with E-state index in [0.717, 1.165) is 56.2 Å². The van der Waals surface area contributed by atoms with Crippen molar-refractivity contribution in [1.29, 1.82) is 0 Å². The third kappa shape index (κ3) is 5.52. The number of morpholine rings is 1. The molecular formula is C21H31N7O3. The molecule has 1 saturated heterocycles. The van der Waals surface area contributed by atoms with Gasteiger partial charge in [-0.15, -0.1) is 0 Å². The smallest absolute Gasteiger partial charge is 0.320 e. The SMILES string of the molecule is COc1cccnc1NC1CCC(Oc2nc(/N=C\N)cc(N3CCOCC3)n2)CC1.[HH]. The van der Waals surface area contributed by atoms with Crippen LogP contribution in [0.15, 0.2) is 29.4 Å². The summed E-state index contributed by atoms with van der Waals surface area (Å²) in [6, 6.07) is 6.25. The van der Waals surface area contributed by atoms with Crippen LogP contribution in [0.1, 0.15) is 27.1 Å². The van der Waals surface area contributed by atoms with E-state index in [1.165, 1.54) is 6.34 Å². The van der Waals surface area contributed by atoms with Crippen molar-refractivity contribution < 1.29 is 15.6 Å². The first-order valence-electron chi connectivity index (χ1n) is 10.6. The van der Waals surface area contributed by atoms with E-state index in [4.69, 9.17) is 19.9 Å². The molecule has 0 bridgehead atoms. The van der Waals surface area contributed by atoms with Crippen molar-refractivity contribution >= 4 is 23.8 Å². The fourth-order valence-corrected chi connectivity index (χ4v) is 3.88. The average molecular weight is 430 g/mol. The lowest BCUT2D eigenvalue weighted by Gasteiger charge is -2.30. The molecule has 3 N–H and O–H groups in total. The van der Waals surface area contributed by atoms with Gasteiger partial charge in [0.25, 0.3) is 0 Å². The molecule has 168 valence electrons. The van der Waals surface area contributed by atoms with E-state index in [1.807, 2.05) is 18.2 Å². The zero-order chi connectivity index (χ0) is 21.5. The Bertz CT molecular complexity index is 887. The Balaban J connectivity index is 0.00000289. The van der Waals surface area contributed by atoms with Crippen molar-refractivity contribution in [3.8, 4) is 11.8 Å². The van der Waals surface area contributed by atoms with Gasteiger partial charge in [-0.25, -0.2) is 9.98 Å². The number of anilines is 2. The second kappa shape index (κ2) is 10.3. The quantitative estimate of drug-likeness (QED) is 0.505. The largest absolute Gasteiger partial charge is 0.493 e. The summed E-state index contributed by atoms with van der Waals surface area (Å²) >= 11 is 0. The molecule has 2 fully saturated rings. The number of rotatable bonds is 7. The predicted octanol–water partition coefficient (Wildman–Crippen LogP) is 2.38. The van der Waals surface area contributed by atoms with Crippen molar-refractivity contribution in [1.82, 2.24) is 15.0 Å². The average Bonchev–Trinajstić information content (AvgIpc) is 2.81. The maximum atomic E-state index is 6.15. The Morgan fingerprint density at radius 1 is 1.26 bits per heavy atom. The van der Waals surface area contributed by atoms with E-state index in [2.05, 4.69) is 30.2 Å². The van der Waals surface area contributed by atoms with E-state index in [1.54, 1.807) is 13.3 Å². The highest BCUT2D eigenvalue weighted by Gasteiger charge is 2.25. The summed E-state index contributed by atoms with van der Waals surface area (Å²) in [6.07, 6.45) is 6.76. The van der Waals surface area contributed by atoms with Gasteiger partial charge in [0.1, 0.15) is 11.9 Å². The van der Waals surface area contributed by atoms with Crippen molar-refractivity contribution in [2.24, 2.45) is 10.7 Å². The van der Waals surface area contributed by atoms with Gasteiger partial charge in [-0.3, -0.25) is 0 Å². The Labute approximate surface area is 183 Å². The van der Waals surface area contributed by atoms with Gasteiger partial charge in [0.05, 0.1) is 26.7 Å². The van der Waals surface area contributed by atoms with Gasteiger partial charge in [0.15, 0.2) is 17.4 Å². The minimum Gasteiger partial charge on any atom is -0.493 e. The summed E-state index contributed by atoms with van der Waals surface area (Å²) in [5, 5.41) is 3.49. The van der Waals surface area contributed by atoms with E-state index in [9.17, 15) is 0 Å². The standard InChI is InChI=1S/C21H29N7O3.H2/c1-29-17-3-2-8-23-20(17)25-15-4-6-16(7-5-15)31-21-26-18(24-14-22)13-19(27-21)28-9-11-30-12-10-28;/h2-3,8,13-16H,4-7,9-12H2,1H3,(H,23,25)(H2,22,24,26,27);1H. The van der Waals surface area contributed by atoms with Crippen molar-refractivity contribution in [2.45, 2.75) is 37.8 Å². The van der Waals surface area contributed by atoms with Crippen LogP contribution in [0.3, 0.4) is 0 Å². The molecule has 0 radical (unpaired) electrons. The van der Waals surface area contributed by atoms with Gasteiger partial charge in [0.2, 0.25) is 0 Å². The Hall–Kier alpha value is -3.14. The topological polar surface area (TPSA) is 120 Å². The zero-order valence-electron chi connectivity index (χ0n) is 17.7. The zero-order valence-corrected chi connectivity index (χ0v) is 17.7. The normalized spacial score (nSPS) is 21.8. The van der Waals surface area contributed by atoms with Crippen LogP contribution in [0.5, 0.6) is 11.8 Å². The fourth-order valence-electron chi connectivity index (χ4n) is 3.88. The number of hydrogen-bond acceptors (Lipinski definition) is 9. The Morgan fingerprint density at radius 3 is 2.81 bits per heavy atom. The van der Waals surface area contributed by atoms with Gasteiger partial charge < -0.3 is 30.2 Å². The third-order valence-electron chi connectivity index (χ3n) is 5.50. The first-order valence-corrected chi connectivity index (χ1v) is 10.6. The number of pyridine rings is 1. The summed E-state index contributed by atoms with van der Waals surface area (Å²) in [4.78, 5) is 19.7. The summed E-state index contributed by atoms with van der Waals surface area (Å²) in [6.45, 7) is 2.90. The number of methoxy groups -OCH3 is 1. The molecule has 1 aliphatic carbocycles. The van der Waals surface area contributed by atoms with Crippen LogP contribution in [-0.4, -0.2) is 66.8 Å². The van der Waals surface area contributed by atoms with Crippen molar-refractivity contribution in [2.75, 3.05) is 43.6 Å². The second-order valence-electron chi connectivity index (χ2n) is 7.53. The van der Waals surface area contributed by atoms with Crippen LogP contribution in [0.4, 0.5) is 17.5 Å². The molecule has 10 heteroatoms. The summed E-state index contributed by atoms with van der Waals surface area (Å²) in [7, 11) is 1.65. The predicted molar refractivity (Wildman–Crippen MR) is 121 cm³/mol. The first kappa shape index (κ1) is 21.1. The Kier molecular flexibility index (Phi) is 6.98. The van der Waals surface area contributed by atoms with E-state index >= 15 is 0 Å². The molecule has 2 aromatic rings. The lowest BCUT2D eigenvalue weighted by atomic mass is 9.93. The number of ether oxygens (including phenoxy) is 3. The molecule has 10 nitrogen and oxygen atoms in total. The van der Waals surface area contributed by atoms with Crippen LogP contribution >= 0.6 is 0 Å².